The number of sulfonamides is 1. The van der Waals surface area contributed by atoms with E-state index in [2.05, 4.69) is 16.6 Å². The van der Waals surface area contributed by atoms with Gasteiger partial charge in [-0.2, -0.15) is 8.42 Å². The maximum absolute atomic E-state index is 12.7. The van der Waals surface area contributed by atoms with Crippen LogP contribution in [-0.2, 0) is 10.0 Å². The lowest BCUT2D eigenvalue weighted by Crippen LogP contribution is -2.34. The molecule has 1 amide bonds. The lowest BCUT2D eigenvalue weighted by Gasteiger charge is -2.29. The number of nitrogens with one attached hydrogen (secondary N) is 1. The van der Waals surface area contributed by atoms with Gasteiger partial charge in [0.25, 0.3) is 15.9 Å². The third-order valence-corrected chi connectivity index (χ3v) is 6.20. The van der Waals surface area contributed by atoms with Crippen LogP contribution in [0.4, 0.5) is 11.4 Å². The molecule has 0 saturated carbocycles. The second-order valence-electron chi connectivity index (χ2n) is 7.07. The van der Waals surface area contributed by atoms with Gasteiger partial charge < -0.3 is 10.2 Å². The summed E-state index contributed by atoms with van der Waals surface area (Å²) >= 11 is 0. The monoisotopic (exact) mass is 399 g/mol. The molecule has 0 aromatic heterocycles. The minimum atomic E-state index is -3.83. The van der Waals surface area contributed by atoms with Crippen molar-refractivity contribution in [2.24, 2.45) is 4.40 Å². The Morgan fingerprint density at radius 2 is 1.86 bits per heavy atom. The van der Waals surface area contributed by atoms with E-state index >= 15 is 0 Å². The first kappa shape index (κ1) is 20.1. The number of amides is 1. The van der Waals surface area contributed by atoms with Gasteiger partial charge >= 0.3 is 0 Å². The van der Waals surface area contributed by atoms with Gasteiger partial charge in [-0.25, -0.2) is 0 Å². The van der Waals surface area contributed by atoms with Gasteiger partial charge in [0.15, 0.2) is 0 Å². The van der Waals surface area contributed by atoms with Gasteiger partial charge in [-0.05, 0) is 62.6 Å². The Kier molecular flexibility index (Phi) is 5.56. The molecular formula is C21H25N3O3S. The number of hydrogen-bond donors (Lipinski definition) is 1. The molecule has 1 aliphatic rings. The highest BCUT2D eigenvalue weighted by Gasteiger charge is 2.29. The van der Waals surface area contributed by atoms with E-state index in [1.807, 2.05) is 36.9 Å². The molecule has 28 heavy (non-hydrogen) atoms. The lowest BCUT2D eigenvalue weighted by atomic mass is 10.1. The number of fused-ring (bicyclic) bond motifs is 1. The normalized spacial score (nSPS) is 15.0. The van der Waals surface area contributed by atoms with Gasteiger partial charge in [-0.15, -0.1) is 4.40 Å². The molecule has 7 heteroatoms. The molecule has 6 nitrogen and oxygen atoms in total. The number of hydrogen-bond acceptors (Lipinski definition) is 4. The molecule has 0 radical (unpaired) electrons. The average Bonchev–Trinajstić information content (AvgIpc) is 2.64. The number of anilines is 2. The zero-order chi connectivity index (χ0) is 20.5. The fraction of sp³-hybridized carbons (Fsp3) is 0.333. The highest BCUT2D eigenvalue weighted by atomic mass is 32.2. The summed E-state index contributed by atoms with van der Waals surface area (Å²) < 4.78 is 29.1. The zero-order valence-corrected chi connectivity index (χ0v) is 17.4. The van der Waals surface area contributed by atoms with E-state index in [4.69, 9.17) is 0 Å². The molecular weight excluding hydrogens is 374 g/mol. The number of unbranched alkanes of at least 4 members (excludes halogenated alkanes) is 1. The first-order valence-electron chi connectivity index (χ1n) is 9.34. The summed E-state index contributed by atoms with van der Waals surface area (Å²) in [5.41, 5.74) is 3.54. The molecule has 3 rings (SSSR count). The molecule has 2 aromatic carbocycles. The number of aryl methyl sites for hydroxylation is 2. The van der Waals surface area contributed by atoms with Crippen molar-refractivity contribution in [1.29, 1.82) is 0 Å². The van der Waals surface area contributed by atoms with Crippen molar-refractivity contribution < 1.29 is 13.2 Å². The Morgan fingerprint density at radius 3 is 2.57 bits per heavy atom. The van der Waals surface area contributed by atoms with E-state index in [0.29, 0.717) is 23.8 Å². The van der Waals surface area contributed by atoms with Gasteiger partial charge in [-0.3, -0.25) is 4.79 Å². The fourth-order valence-electron chi connectivity index (χ4n) is 3.20. The van der Waals surface area contributed by atoms with Crippen LogP contribution in [0.15, 0.2) is 45.7 Å². The van der Waals surface area contributed by atoms with Crippen LogP contribution in [0.3, 0.4) is 0 Å². The summed E-state index contributed by atoms with van der Waals surface area (Å²) in [7, 11) is -3.83. The van der Waals surface area contributed by atoms with E-state index < -0.39 is 10.0 Å². The molecule has 0 spiro atoms. The molecule has 0 bridgehead atoms. The first-order chi connectivity index (χ1) is 13.2. The average molecular weight is 400 g/mol. The number of carbonyl (C=O) groups excluding carboxylic acids is 1. The largest absolute Gasteiger partial charge is 0.328 e. The third kappa shape index (κ3) is 3.94. The standard InChI is InChI=1S/C21H25N3O3S/c1-5-6-11-24-16(4)23-28(26,27)20-13-17(9-10-19(20)24)21(25)22-18-12-14(2)7-8-15(18)3/h7-10,12-13H,5-6,11H2,1-4H3,(H,22,25). The minimum Gasteiger partial charge on any atom is -0.328 e. The quantitative estimate of drug-likeness (QED) is 0.814. The zero-order valence-electron chi connectivity index (χ0n) is 16.6. The Hall–Kier alpha value is -2.67. The summed E-state index contributed by atoms with van der Waals surface area (Å²) in [6.45, 7) is 8.32. The molecule has 148 valence electrons. The van der Waals surface area contributed by atoms with Crippen LogP contribution in [0.1, 0.15) is 48.2 Å². The third-order valence-electron chi connectivity index (χ3n) is 4.81. The van der Waals surface area contributed by atoms with Crippen molar-refractivity contribution in [2.45, 2.75) is 45.4 Å². The van der Waals surface area contributed by atoms with E-state index in [9.17, 15) is 13.2 Å². The second-order valence-corrected chi connectivity index (χ2v) is 8.65. The summed E-state index contributed by atoms with van der Waals surface area (Å²) in [5.74, 6) is 0.103. The van der Waals surface area contributed by atoms with E-state index in [-0.39, 0.29) is 16.4 Å². The van der Waals surface area contributed by atoms with Crippen molar-refractivity contribution in [3.05, 3.63) is 53.1 Å². The SMILES string of the molecule is CCCCN1C(C)=NS(=O)(=O)c2cc(C(=O)Nc3cc(C)ccc3C)ccc21. The van der Waals surface area contributed by atoms with Crippen molar-refractivity contribution in [3.63, 3.8) is 0 Å². The van der Waals surface area contributed by atoms with Crippen LogP contribution in [0.5, 0.6) is 0 Å². The molecule has 0 aliphatic carbocycles. The molecule has 2 aromatic rings. The summed E-state index contributed by atoms with van der Waals surface area (Å²) in [6, 6.07) is 10.6. The van der Waals surface area contributed by atoms with Crippen LogP contribution in [0.2, 0.25) is 0 Å². The van der Waals surface area contributed by atoms with Crippen LogP contribution in [0.25, 0.3) is 0 Å². The number of nitrogens with zero attached hydrogens (tertiary/aromatic N) is 2. The van der Waals surface area contributed by atoms with Crippen LogP contribution in [-0.4, -0.2) is 26.7 Å². The summed E-state index contributed by atoms with van der Waals surface area (Å²) in [4.78, 5) is 14.7. The van der Waals surface area contributed by atoms with Crippen molar-refractivity contribution in [3.8, 4) is 0 Å². The number of amidine groups is 1. The van der Waals surface area contributed by atoms with Crippen LogP contribution in [0, 0.1) is 13.8 Å². The van der Waals surface area contributed by atoms with Crippen LogP contribution >= 0.6 is 0 Å². The topological polar surface area (TPSA) is 78.8 Å². The molecule has 0 fully saturated rings. The Bertz CT molecular complexity index is 1060. The molecule has 0 unspecified atom stereocenters. The van der Waals surface area contributed by atoms with Crippen molar-refractivity contribution in [1.82, 2.24) is 0 Å². The maximum Gasteiger partial charge on any atom is 0.286 e. The van der Waals surface area contributed by atoms with E-state index in [1.165, 1.54) is 6.07 Å². The smallest absolute Gasteiger partial charge is 0.286 e. The number of benzene rings is 2. The van der Waals surface area contributed by atoms with Crippen molar-refractivity contribution >= 4 is 33.1 Å². The van der Waals surface area contributed by atoms with Gasteiger partial charge in [0.2, 0.25) is 0 Å². The number of rotatable bonds is 5. The lowest BCUT2D eigenvalue weighted by molar-refractivity contribution is 0.102. The van der Waals surface area contributed by atoms with Gasteiger partial charge in [-0.1, -0.05) is 25.5 Å². The van der Waals surface area contributed by atoms with Crippen LogP contribution < -0.4 is 10.2 Å². The number of carbonyl (C=O) groups is 1. The first-order valence-corrected chi connectivity index (χ1v) is 10.8. The molecule has 0 saturated heterocycles. The molecule has 1 aliphatic heterocycles. The Labute approximate surface area is 166 Å². The second kappa shape index (κ2) is 7.75. The predicted octanol–water partition coefficient (Wildman–Crippen LogP) is 4.28. The highest BCUT2D eigenvalue weighted by Crippen LogP contribution is 2.33. The summed E-state index contributed by atoms with van der Waals surface area (Å²) in [5, 5.41) is 2.87. The summed E-state index contributed by atoms with van der Waals surface area (Å²) in [6.07, 6.45) is 1.91. The maximum atomic E-state index is 12.7. The fourth-order valence-corrected chi connectivity index (χ4v) is 4.46. The van der Waals surface area contributed by atoms with E-state index in [0.717, 1.165) is 24.0 Å². The Balaban J connectivity index is 1.96. The highest BCUT2D eigenvalue weighted by molar-refractivity contribution is 7.90. The van der Waals surface area contributed by atoms with Crippen molar-refractivity contribution in [2.75, 3.05) is 16.8 Å². The molecule has 1 N–H and O–H groups in total. The van der Waals surface area contributed by atoms with Gasteiger partial charge in [0, 0.05) is 17.8 Å². The van der Waals surface area contributed by atoms with Gasteiger partial charge in [0.05, 0.1) is 5.69 Å². The molecule has 1 heterocycles. The predicted molar refractivity (Wildman–Crippen MR) is 113 cm³/mol. The van der Waals surface area contributed by atoms with Gasteiger partial charge in [0.1, 0.15) is 10.7 Å². The van der Waals surface area contributed by atoms with E-state index in [1.54, 1.807) is 19.1 Å². The molecule has 0 atom stereocenters. The minimum absolute atomic E-state index is 0.0721. The Morgan fingerprint density at radius 1 is 1.11 bits per heavy atom.